The zero-order chi connectivity index (χ0) is 21.1. The minimum Gasteiger partial charge on any atom is -0.490 e. The fourth-order valence-corrected chi connectivity index (χ4v) is 3.66. The first kappa shape index (κ1) is 20.5. The van der Waals surface area contributed by atoms with Crippen LogP contribution in [0.4, 0.5) is 5.69 Å². The van der Waals surface area contributed by atoms with Crippen molar-refractivity contribution in [1.29, 1.82) is 0 Å². The Kier molecular flexibility index (Phi) is 6.11. The largest absolute Gasteiger partial charge is 0.490 e. The molecule has 0 saturated heterocycles. The molecule has 0 radical (unpaired) electrons. The second kappa shape index (κ2) is 8.94. The van der Waals surface area contributed by atoms with Crippen LogP contribution in [-0.4, -0.2) is 12.5 Å². The molecule has 0 aliphatic carbocycles. The molecule has 3 aromatic rings. The number of fused-ring (bicyclic) bond motifs is 1. The van der Waals surface area contributed by atoms with Crippen LogP contribution < -0.4 is 14.8 Å². The number of carbonyl (C=O) groups excluding carboxylic acids is 1. The molecule has 30 heavy (non-hydrogen) atoms. The Balaban J connectivity index is 1.59. The molecule has 1 N–H and O–H groups in total. The quantitative estimate of drug-likeness (QED) is 0.402. The van der Waals surface area contributed by atoms with E-state index < -0.39 is 0 Å². The van der Waals surface area contributed by atoms with E-state index in [4.69, 9.17) is 21.1 Å². The van der Waals surface area contributed by atoms with E-state index in [2.05, 4.69) is 21.2 Å². The van der Waals surface area contributed by atoms with Crippen molar-refractivity contribution >= 4 is 50.8 Å². The molecular formula is C24H19BrClNO3. The first-order valence-electron chi connectivity index (χ1n) is 9.50. The van der Waals surface area contributed by atoms with Gasteiger partial charge in [-0.15, -0.1) is 0 Å². The number of nitrogens with one attached hydrogen (secondary N) is 1. The van der Waals surface area contributed by atoms with E-state index in [1.54, 1.807) is 12.1 Å². The molecule has 0 bridgehead atoms. The number of anilines is 1. The molecule has 6 heteroatoms. The van der Waals surface area contributed by atoms with Gasteiger partial charge >= 0.3 is 0 Å². The normalized spacial score (nSPS) is 13.8. The predicted octanol–water partition coefficient (Wildman–Crippen LogP) is 6.57. The van der Waals surface area contributed by atoms with Crippen molar-refractivity contribution in [2.24, 2.45) is 0 Å². The monoisotopic (exact) mass is 483 g/mol. The van der Waals surface area contributed by atoms with Crippen molar-refractivity contribution in [3.63, 3.8) is 0 Å². The number of benzene rings is 3. The maximum absolute atomic E-state index is 12.4. The molecule has 152 valence electrons. The van der Waals surface area contributed by atoms with Crippen molar-refractivity contribution < 1.29 is 14.3 Å². The fourth-order valence-electron chi connectivity index (χ4n) is 3.22. The molecule has 1 aliphatic rings. The topological polar surface area (TPSA) is 47.6 Å². The molecule has 0 saturated carbocycles. The van der Waals surface area contributed by atoms with Gasteiger partial charge in [0.25, 0.3) is 5.91 Å². The summed E-state index contributed by atoms with van der Waals surface area (Å²) in [7, 11) is 0. The molecule has 1 aliphatic heterocycles. The standard InChI is InChI=1S/C24H19BrClNO3/c1-2-29-23-12-16(5-10-22(23)30-14-15-3-6-17(25)7-4-15)11-20-19-9-8-18(26)13-21(19)27-24(20)28/h3-13H,2,14H2,1H3,(H,27,28)/b20-11+. The lowest BCUT2D eigenvalue weighted by atomic mass is 10.0. The third kappa shape index (κ3) is 4.53. The lowest BCUT2D eigenvalue weighted by Crippen LogP contribution is -2.03. The van der Waals surface area contributed by atoms with E-state index in [1.165, 1.54) is 0 Å². The van der Waals surface area contributed by atoms with Crippen LogP contribution in [0.25, 0.3) is 11.6 Å². The molecule has 0 spiro atoms. The van der Waals surface area contributed by atoms with E-state index in [-0.39, 0.29) is 5.91 Å². The molecular weight excluding hydrogens is 466 g/mol. The van der Waals surface area contributed by atoms with Crippen molar-refractivity contribution in [1.82, 2.24) is 0 Å². The number of halogens is 2. The Hall–Kier alpha value is -2.76. The number of carbonyl (C=O) groups is 1. The summed E-state index contributed by atoms with van der Waals surface area (Å²) in [5.74, 6) is 1.14. The summed E-state index contributed by atoms with van der Waals surface area (Å²) >= 11 is 9.46. The number of hydrogen-bond donors (Lipinski definition) is 1. The maximum atomic E-state index is 12.4. The minimum atomic E-state index is -0.152. The van der Waals surface area contributed by atoms with Gasteiger partial charge in [0.1, 0.15) is 6.61 Å². The van der Waals surface area contributed by atoms with Gasteiger partial charge in [0.05, 0.1) is 12.3 Å². The number of amides is 1. The second-order valence-electron chi connectivity index (χ2n) is 6.76. The van der Waals surface area contributed by atoms with Crippen LogP contribution >= 0.6 is 27.5 Å². The Morgan fingerprint density at radius 3 is 2.57 bits per heavy atom. The first-order chi connectivity index (χ1) is 14.5. The molecule has 4 rings (SSSR count). The van der Waals surface area contributed by atoms with Gasteiger partial charge in [0.2, 0.25) is 0 Å². The van der Waals surface area contributed by atoms with Gasteiger partial charge in [-0.25, -0.2) is 0 Å². The van der Waals surface area contributed by atoms with Gasteiger partial charge in [-0.2, -0.15) is 0 Å². The molecule has 0 atom stereocenters. The van der Waals surface area contributed by atoms with Crippen molar-refractivity contribution in [3.8, 4) is 11.5 Å². The van der Waals surface area contributed by atoms with Crippen LogP contribution in [0.2, 0.25) is 5.02 Å². The molecule has 1 heterocycles. The van der Waals surface area contributed by atoms with Crippen LogP contribution in [0.15, 0.2) is 65.1 Å². The molecule has 1 amide bonds. The highest BCUT2D eigenvalue weighted by Gasteiger charge is 2.24. The average Bonchev–Trinajstić information content (AvgIpc) is 3.03. The first-order valence-corrected chi connectivity index (χ1v) is 10.7. The fraction of sp³-hybridized carbons (Fsp3) is 0.125. The third-order valence-corrected chi connectivity index (χ3v) is 5.41. The Bertz CT molecular complexity index is 1130. The van der Waals surface area contributed by atoms with E-state index in [1.807, 2.05) is 61.5 Å². The van der Waals surface area contributed by atoms with Crippen LogP contribution in [0.3, 0.4) is 0 Å². The third-order valence-electron chi connectivity index (χ3n) is 4.65. The summed E-state index contributed by atoms with van der Waals surface area (Å²) in [4.78, 5) is 12.4. The summed E-state index contributed by atoms with van der Waals surface area (Å²) in [6, 6.07) is 19.0. The van der Waals surface area contributed by atoms with Crippen LogP contribution in [0.5, 0.6) is 11.5 Å². The molecule has 3 aromatic carbocycles. The van der Waals surface area contributed by atoms with Crippen LogP contribution in [0.1, 0.15) is 23.6 Å². The highest BCUT2D eigenvalue weighted by molar-refractivity contribution is 9.10. The zero-order valence-corrected chi connectivity index (χ0v) is 18.6. The van der Waals surface area contributed by atoms with Gasteiger partial charge in [-0.3, -0.25) is 4.79 Å². The van der Waals surface area contributed by atoms with Crippen molar-refractivity contribution in [2.75, 3.05) is 11.9 Å². The Labute approximate surface area is 188 Å². The second-order valence-corrected chi connectivity index (χ2v) is 8.11. The highest BCUT2D eigenvalue weighted by Crippen LogP contribution is 2.36. The number of rotatable bonds is 6. The van der Waals surface area contributed by atoms with Crippen molar-refractivity contribution in [3.05, 3.63) is 86.8 Å². The molecule has 0 fully saturated rings. The Morgan fingerprint density at radius 1 is 1.00 bits per heavy atom. The van der Waals surface area contributed by atoms with Crippen LogP contribution in [-0.2, 0) is 11.4 Å². The minimum absolute atomic E-state index is 0.152. The zero-order valence-electron chi connectivity index (χ0n) is 16.2. The summed E-state index contributed by atoms with van der Waals surface area (Å²) in [6.45, 7) is 2.87. The molecule has 4 nitrogen and oxygen atoms in total. The van der Waals surface area contributed by atoms with Gasteiger partial charge in [0, 0.05) is 20.6 Å². The summed E-state index contributed by atoms with van der Waals surface area (Å²) < 4.78 is 12.8. The van der Waals surface area contributed by atoms with Crippen LogP contribution in [0, 0.1) is 0 Å². The summed E-state index contributed by atoms with van der Waals surface area (Å²) in [5.41, 5.74) is 4.05. The van der Waals surface area contributed by atoms with E-state index in [0.29, 0.717) is 35.3 Å². The molecule has 0 unspecified atom stereocenters. The average molecular weight is 485 g/mol. The predicted molar refractivity (Wildman–Crippen MR) is 124 cm³/mol. The smallest absolute Gasteiger partial charge is 0.256 e. The summed E-state index contributed by atoms with van der Waals surface area (Å²) in [5, 5.41) is 3.44. The lowest BCUT2D eigenvalue weighted by molar-refractivity contribution is -0.110. The lowest BCUT2D eigenvalue weighted by Gasteiger charge is -2.13. The maximum Gasteiger partial charge on any atom is 0.256 e. The molecule has 0 aromatic heterocycles. The van der Waals surface area contributed by atoms with E-state index >= 15 is 0 Å². The SMILES string of the molecule is CCOc1cc(/C=C2/C(=O)Nc3cc(Cl)ccc32)ccc1OCc1ccc(Br)cc1. The summed E-state index contributed by atoms with van der Waals surface area (Å²) in [6.07, 6.45) is 1.84. The number of hydrogen-bond acceptors (Lipinski definition) is 3. The van der Waals surface area contributed by atoms with E-state index in [0.717, 1.165) is 26.9 Å². The van der Waals surface area contributed by atoms with Gasteiger partial charge < -0.3 is 14.8 Å². The highest BCUT2D eigenvalue weighted by atomic mass is 79.9. The van der Waals surface area contributed by atoms with Crippen molar-refractivity contribution in [2.45, 2.75) is 13.5 Å². The Morgan fingerprint density at radius 2 is 1.80 bits per heavy atom. The van der Waals surface area contributed by atoms with Gasteiger partial charge in [0.15, 0.2) is 11.5 Å². The van der Waals surface area contributed by atoms with E-state index in [9.17, 15) is 4.79 Å². The van der Waals surface area contributed by atoms with Gasteiger partial charge in [-0.05, 0) is 60.5 Å². The number of ether oxygens (including phenoxy) is 2. The van der Waals surface area contributed by atoms with Gasteiger partial charge in [-0.1, -0.05) is 51.8 Å².